The maximum Gasteiger partial charge on any atom is 0.261 e. The fourth-order valence-electron chi connectivity index (χ4n) is 3.47. The van der Waals surface area contributed by atoms with Crippen molar-refractivity contribution in [1.82, 2.24) is 15.4 Å². The Balaban J connectivity index is 1.46. The Kier molecular flexibility index (Phi) is 4.46. The largest absolute Gasteiger partial charge is 0.352 e. The Morgan fingerprint density at radius 2 is 2.04 bits per heavy atom. The van der Waals surface area contributed by atoms with Gasteiger partial charge in [0.1, 0.15) is 0 Å². The molecule has 2 aromatic rings. The fourth-order valence-corrected chi connectivity index (χ4v) is 4.48. The lowest BCUT2D eigenvalue weighted by Crippen LogP contribution is -2.37. The monoisotopic (exact) mass is 373 g/mol. The van der Waals surface area contributed by atoms with Crippen LogP contribution in [0.5, 0.6) is 0 Å². The van der Waals surface area contributed by atoms with Crippen LogP contribution in [-0.4, -0.2) is 53.7 Å². The van der Waals surface area contributed by atoms with E-state index in [-0.39, 0.29) is 39.2 Å². The number of amides is 1. The second-order valence-corrected chi connectivity index (χ2v) is 7.69. The van der Waals surface area contributed by atoms with Crippen LogP contribution in [0.4, 0.5) is 0 Å². The van der Waals surface area contributed by atoms with E-state index in [0.717, 1.165) is 31.0 Å². The summed E-state index contributed by atoms with van der Waals surface area (Å²) < 4.78 is 5.01. The molecule has 26 heavy (non-hydrogen) atoms. The van der Waals surface area contributed by atoms with Gasteiger partial charge in [0.2, 0.25) is 17.3 Å². The lowest BCUT2D eigenvalue weighted by molar-refractivity contribution is 0.0949. The van der Waals surface area contributed by atoms with Crippen molar-refractivity contribution < 1.29 is 18.9 Å². The van der Waals surface area contributed by atoms with Crippen LogP contribution in [0.15, 0.2) is 10.6 Å². The molecule has 0 bridgehead atoms. The van der Waals surface area contributed by atoms with Gasteiger partial charge < -0.3 is 14.7 Å². The van der Waals surface area contributed by atoms with Crippen molar-refractivity contribution in [3.63, 3.8) is 0 Å². The van der Waals surface area contributed by atoms with Crippen molar-refractivity contribution in [2.24, 2.45) is 0 Å². The maximum absolute atomic E-state index is 12.6. The first-order chi connectivity index (χ1) is 12.6. The molecule has 1 saturated heterocycles. The molecule has 0 radical (unpaired) electrons. The molecule has 1 amide bonds. The van der Waals surface area contributed by atoms with Gasteiger partial charge in [-0.25, -0.2) is 0 Å². The predicted molar refractivity (Wildman–Crippen MR) is 95.0 cm³/mol. The zero-order valence-corrected chi connectivity index (χ0v) is 15.3. The summed E-state index contributed by atoms with van der Waals surface area (Å²) in [5.74, 6) is -0.979. The van der Waals surface area contributed by atoms with Crippen LogP contribution < -0.4 is 5.32 Å². The molecule has 1 fully saturated rings. The molecular weight excluding hydrogens is 354 g/mol. The van der Waals surface area contributed by atoms with Crippen molar-refractivity contribution in [3.8, 4) is 0 Å². The highest BCUT2D eigenvalue weighted by Crippen LogP contribution is 2.34. The molecular formula is C18H19N3O4S. The zero-order valence-electron chi connectivity index (χ0n) is 14.5. The van der Waals surface area contributed by atoms with Crippen LogP contribution in [0, 0.1) is 6.92 Å². The first-order valence-electron chi connectivity index (χ1n) is 8.76. The number of aryl methyl sites for hydroxylation is 1. The van der Waals surface area contributed by atoms with Crippen LogP contribution in [0.1, 0.15) is 66.0 Å². The third-order valence-electron chi connectivity index (χ3n) is 4.87. The molecule has 2 aromatic heterocycles. The summed E-state index contributed by atoms with van der Waals surface area (Å²) in [7, 11) is 0. The number of aromatic nitrogens is 1. The molecule has 0 spiro atoms. The summed E-state index contributed by atoms with van der Waals surface area (Å²) in [6.45, 7) is 5.13. The normalized spacial score (nSPS) is 17.1. The van der Waals surface area contributed by atoms with Gasteiger partial charge in [-0.3, -0.25) is 14.4 Å². The van der Waals surface area contributed by atoms with Gasteiger partial charge in [-0.1, -0.05) is 11.6 Å². The summed E-state index contributed by atoms with van der Waals surface area (Å²) in [6.07, 6.45) is 3.69. The molecule has 4 rings (SSSR count). The molecule has 1 N–H and O–H groups in total. The highest BCUT2D eigenvalue weighted by molar-refractivity contribution is 7.16. The van der Waals surface area contributed by atoms with E-state index in [0.29, 0.717) is 17.1 Å². The quantitative estimate of drug-likeness (QED) is 0.752. The van der Waals surface area contributed by atoms with E-state index in [1.54, 1.807) is 6.92 Å². The van der Waals surface area contributed by atoms with Crippen LogP contribution >= 0.6 is 11.3 Å². The van der Waals surface area contributed by atoms with E-state index in [1.807, 2.05) is 0 Å². The molecule has 1 aliphatic heterocycles. The minimum Gasteiger partial charge on any atom is -0.352 e. The van der Waals surface area contributed by atoms with Crippen molar-refractivity contribution in [2.45, 2.75) is 26.2 Å². The predicted octanol–water partition coefficient (Wildman–Crippen LogP) is 2.04. The van der Waals surface area contributed by atoms with Crippen LogP contribution in [0.25, 0.3) is 0 Å². The Hall–Kier alpha value is -2.32. The summed E-state index contributed by atoms with van der Waals surface area (Å²) >= 11 is 1.05. The second kappa shape index (κ2) is 6.77. The number of thiophene rings is 1. The van der Waals surface area contributed by atoms with E-state index in [1.165, 1.54) is 25.3 Å². The third kappa shape index (κ3) is 2.89. The minimum atomic E-state index is -0.390. The molecule has 1 aliphatic carbocycles. The van der Waals surface area contributed by atoms with Gasteiger partial charge in [-0.15, -0.1) is 11.3 Å². The average Bonchev–Trinajstić information content (AvgIpc) is 3.25. The van der Waals surface area contributed by atoms with Crippen molar-refractivity contribution in [2.75, 3.05) is 26.2 Å². The topological polar surface area (TPSA) is 92.5 Å². The van der Waals surface area contributed by atoms with E-state index >= 15 is 0 Å². The molecule has 0 unspecified atom stereocenters. The van der Waals surface area contributed by atoms with Crippen molar-refractivity contribution in [1.29, 1.82) is 0 Å². The van der Waals surface area contributed by atoms with E-state index in [4.69, 9.17) is 4.52 Å². The number of hydrogen-bond acceptors (Lipinski definition) is 7. The molecule has 2 aliphatic rings. The number of nitrogens with zero attached hydrogens (tertiary/aromatic N) is 2. The third-order valence-corrected chi connectivity index (χ3v) is 6.00. The highest BCUT2D eigenvalue weighted by Gasteiger charge is 2.38. The van der Waals surface area contributed by atoms with Gasteiger partial charge in [-0.05, 0) is 38.9 Å². The first-order valence-corrected chi connectivity index (χ1v) is 9.58. The lowest BCUT2D eigenvalue weighted by Gasteiger charge is -2.26. The molecule has 136 valence electrons. The Morgan fingerprint density at radius 1 is 1.27 bits per heavy atom. The fraction of sp³-hybridized carbons (Fsp3) is 0.444. The summed E-state index contributed by atoms with van der Waals surface area (Å²) in [5, 5.41) is 6.59. The van der Waals surface area contributed by atoms with E-state index < -0.39 is 0 Å². The van der Waals surface area contributed by atoms with Crippen molar-refractivity contribution >= 4 is 28.8 Å². The van der Waals surface area contributed by atoms with Gasteiger partial charge >= 0.3 is 0 Å². The second-order valence-electron chi connectivity index (χ2n) is 6.64. The SMILES string of the molecule is Cc1noc2c1C(=O)c1sc(C(=O)NCCN3CCCCC3)cc1C2=O. The lowest BCUT2D eigenvalue weighted by atomic mass is 9.93. The van der Waals surface area contributed by atoms with E-state index in [2.05, 4.69) is 15.4 Å². The van der Waals surface area contributed by atoms with E-state index in [9.17, 15) is 14.4 Å². The molecule has 0 saturated carbocycles. The number of likely N-dealkylation sites (tertiary alicyclic amines) is 1. The molecule has 0 aromatic carbocycles. The van der Waals surface area contributed by atoms with Gasteiger partial charge in [0.05, 0.1) is 21.0 Å². The zero-order chi connectivity index (χ0) is 18.3. The number of hydrogen-bond donors (Lipinski definition) is 1. The number of carbonyl (C=O) groups is 3. The average molecular weight is 373 g/mol. The Morgan fingerprint density at radius 3 is 2.81 bits per heavy atom. The summed E-state index contributed by atoms with van der Waals surface area (Å²) in [6, 6.07) is 1.48. The maximum atomic E-state index is 12.6. The number of nitrogens with one attached hydrogen (secondary N) is 1. The summed E-state index contributed by atoms with van der Waals surface area (Å²) in [5.41, 5.74) is 0.830. The highest BCUT2D eigenvalue weighted by atomic mass is 32.1. The number of carbonyl (C=O) groups excluding carboxylic acids is 3. The number of ketones is 2. The van der Waals surface area contributed by atoms with Gasteiger partial charge in [-0.2, -0.15) is 0 Å². The molecule has 3 heterocycles. The van der Waals surface area contributed by atoms with Crippen LogP contribution in [-0.2, 0) is 0 Å². The molecule has 8 heteroatoms. The van der Waals surface area contributed by atoms with Gasteiger partial charge in [0.25, 0.3) is 5.91 Å². The van der Waals surface area contributed by atoms with Gasteiger partial charge in [0.15, 0.2) is 0 Å². The standard InChI is InChI=1S/C18H19N3O4S/c1-10-13-15(23)17-11(14(22)16(13)25-20-10)9-12(26-17)18(24)19-5-8-21-6-3-2-4-7-21/h9H,2-8H2,1H3,(H,19,24). The first kappa shape index (κ1) is 17.1. The Labute approximate surface area is 154 Å². The Bertz CT molecular complexity index is 892. The van der Waals surface area contributed by atoms with Crippen LogP contribution in [0.2, 0.25) is 0 Å². The molecule has 7 nitrogen and oxygen atoms in total. The minimum absolute atomic E-state index is 0.0325. The number of piperidine rings is 1. The number of rotatable bonds is 4. The number of fused-ring (bicyclic) bond motifs is 2. The van der Waals surface area contributed by atoms with Crippen molar-refractivity contribution in [3.05, 3.63) is 38.4 Å². The summed E-state index contributed by atoms with van der Waals surface area (Å²) in [4.78, 5) is 40.5. The smallest absolute Gasteiger partial charge is 0.261 e. The van der Waals surface area contributed by atoms with Crippen LogP contribution in [0.3, 0.4) is 0 Å². The van der Waals surface area contributed by atoms with Gasteiger partial charge in [0, 0.05) is 18.7 Å². The molecule has 0 atom stereocenters.